The van der Waals surface area contributed by atoms with Gasteiger partial charge < -0.3 is 5.32 Å². The van der Waals surface area contributed by atoms with Gasteiger partial charge in [-0.25, -0.2) is 9.97 Å². The number of aromatic nitrogens is 2. The number of halogens is 1. The van der Waals surface area contributed by atoms with Gasteiger partial charge in [-0.3, -0.25) is 0 Å². The molecule has 2 rings (SSSR count). The fourth-order valence-electron chi connectivity index (χ4n) is 2.27. The van der Waals surface area contributed by atoms with E-state index in [1.807, 2.05) is 25.7 Å². The lowest BCUT2D eigenvalue weighted by Gasteiger charge is -2.20. The van der Waals surface area contributed by atoms with Crippen LogP contribution in [0.1, 0.15) is 43.6 Å². The monoisotopic (exact) mass is 329 g/mol. The molecule has 1 fully saturated rings. The number of nitrogens with zero attached hydrogens (tertiary/aromatic N) is 2. The topological polar surface area (TPSA) is 37.8 Å². The first-order valence-corrected chi connectivity index (χ1v) is 8.37. The number of thioether (sulfide) groups is 1. The van der Waals surface area contributed by atoms with Gasteiger partial charge in [0.2, 0.25) is 0 Å². The summed E-state index contributed by atoms with van der Waals surface area (Å²) in [7, 11) is 1.89. The van der Waals surface area contributed by atoms with Crippen molar-refractivity contribution < 1.29 is 0 Å². The molecular formula is C13H20BrN3S. The van der Waals surface area contributed by atoms with Gasteiger partial charge in [-0.15, -0.1) is 0 Å². The van der Waals surface area contributed by atoms with E-state index in [0.29, 0.717) is 0 Å². The molecule has 1 aliphatic carbocycles. The maximum Gasteiger partial charge on any atom is 0.144 e. The second-order valence-corrected chi connectivity index (χ2v) is 6.79. The van der Waals surface area contributed by atoms with Crippen LogP contribution < -0.4 is 5.32 Å². The Labute approximate surface area is 122 Å². The SMILES string of the molecule is CNc1nc(CSC2CCCCC2)nc(C)c1Br. The Balaban J connectivity index is 1.98. The van der Waals surface area contributed by atoms with Crippen LogP contribution in [0.15, 0.2) is 4.47 Å². The number of hydrogen-bond acceptors (Lipinski definition) is 4. The maximum absolute atomic E-state index is 4.55. The molecule has 1 heterocycles. The molecular weight excluding hydrogens is 310 g/mol. The van der Waals surface area contributed by atoms with Crippen LogP contribution in [0.5, 0.6) is 0 Å². The molecule has 1 aromatic rings. The highest BCUT2D eigenvalue weighted by atomic mass is 79.9. The lowest BCUT2D eigenvalue weighted by atomic mass is 10.0. The highest BCUT2D eigenvalue weighted by Gasteiger charge is 2.15. The Morgan fingerprint density at radius 1 is 1.28 bits per heavy atom. The van der Waals surface area contributed by atoms with Gasteiger partial charge in [-0.2, -0.15) is 11.8 Å². The molecule has 1 aliphatic rings. The predicted octanol–water partition coefficient (Wildman–Crippen LogP) is 4.16. The first-order chi connectivity index (χ1) is 8.70. The van der Waals surface area contributed by atoms with Crippen molar-refractivity contribution in [3.8, 4) is 0 Å². The molecule has 0 amide bonds. The fraction of sp³-hybridized carbons (Fsp3) is 0.692. The van der Waals surface area contributed by atoms with Crippen LogP contribution in [-0.2, 0) is 5.75 Å². The Morgan fingerprint density at radius 3 is 2.67 bits per heavy atom. The average Bonchev–Trinajstić information content (AvgIpc) is 2.41. The van der Waals surface area contributed by atoms with Crippen LogP contribution in [0.4, 0.5) is 5.82 Å². The number of anilines is 1. The lowest BCUT2D eigenvalue weighted by Crippen LogP contribution is -2.09. The van der Waals surface area contributed by atoms with Crippen molar-refractivity contribution in [1.82, 2.24) is 9.97 Å². The summed E-state index contributed by atoms with van der Waals surface area (Å²) in [6.45, 7) is 2.02. The second-order valence-electron chi connectivity index (χ2n) is 4.71. The van der Waals surface area contributed by atoms with Crippen LogP contribution in [0.25, 0.3) is 0 Å². The fourth-order valence-corrected chi connectivity index (χ4v) is 3.83. The van der Waals surface area contributed by atoms with Crippen molar-refractivity contribution >= 4 is 33.5 Å². The summed E-state index contributed by atoms with van der Waals surface area (Å²) in [5.41, 5.74) is 1.01. The van der Waals surface area contributed by atoms with Crippen molar-refractivity contribution in [3.63, 3.8) is 0 Å². The molecule has 0 aliphatic heterocycles. The van der Waals surface area contributed by atoms with E-state index in [9.17, 15) is 0 Å². The summed E-state index contributed by atoms with van der Waals surface area (Å²) in [6, 6.07) is 0. The van der Waals surface area contributed by atoms with Crippen molar-refractivity contribution in [2.24, 2.45) is 0 Å². The quantitative estimate of drug-likeness (QED) is 0.900. The van der Waals surface area contributed by atoms with Gasteiger partial charge in [0.05, 0.1) is 15.9 Å². The highest BCUT2D eigenvalue weighted by Crippen LogP contribution is 2.31. The molecule has 0 aromatic carbocycles. The first-order valence-electron chi connectivity index (χ1n) is 6.53. The Morgan fingerprint density at radius 2 is 2.00 bits per heavy atom. The molecule has 1 N–H and O–H groups in total. The molecule has 3 nitrogen and oxygen atoms in total. The predicted molar refractivity (Wildman–Crippen MR) is 82.2 cm³/mol. The Hall–Kier alpha value is -0.290. The molecule has 18 heavy (non-hydrogen) atoms. The number of nitrogens with one attached hydrogen (secondary N) is 1. The molecule has 0 atom stereocenters. The van der Waals surface area contributed by atoms with E-state index in [1.54, 1.807) is 0 Å². The molecule has 100 valence electrons. The molecule has 0 spiro atoms. The molecule has 0 saturated heterocycles. The summed E-state index contributed by atoms with van der Waals surface area (Å²) in [4.78, 5) is 9.09. The molecule has 1 saturated carbocycles. The minimum absolute atomic E-state index is 0.810. The van der Waals surface area contributed by atoms with Crippen molar-refractivity contribution in [3.05, 3.63) is 16.0 Å². The van der Waals surface area contributed by atoms with Crippen molar-refractivity contribution in [1.29, 1.82) is 0 Å². The smallest absolute Gasteiger partial charge is 0.144 e. The van der Waals surface area contributed by atoms with E-state index in [1.165, 1.54) is 32.1 Å². The van der Waals surface area contributed by atoms with Crippen LogP contribution in [-0.4, -0.2) is 22.3 Å². The van der Waals surface area contributed by atoms with Gasteiger partial charge in [0.15, 0.2) is 0 Å². The average molecular weight is 330 g/mol. The van der Waals surface area contributed by atoms with Gasteiger partial charge in [-0.05, 0) is 35.7 Å². The normalized spacial score (nSPS) is 16.8. The van der Waals surface area contributed by atoms with Gasteiger partial charge in [0.1, 0.15) is 11.6 Å². The molecule has 0 bridgehead atoms. The third-order valence-corrected chi connectivity index (χ3v) is 5.62. The standard InChI is InChI=1S/C13H20BrN3S/c1-9-12(14)13(15-2)17-11(16-9)8-18-10-6-4-3-5-7-10/h10H,3-8H2,1-2H3,(H,15,16,17). The number of aryl methyl sites for hydroxylation is 1. The first kappa shape index (κ1) is 14.1. The number of rotatable bonds is 4. The second kappa shape index (κ2) is 6.75. The van der Waals surface area contributed by atoms with E-state index < -0.39 is 0 Å². The Bertz CT molecular complexity index is 405. The van der Waals surface area contributed by atoms with Gasteiger partial charge in [0.25, 0.3) is 0 Å². The van der Waals surface area contributed by atoms with E-state index in [0.717, 1.165) is 32.8 Å². The summed E-state index contributed by atoms with van der Waals surface area (Å²) in [5, 5.41) is 3.92. The largest absolute Gasteiger partial charge is 0.372 e. The third-order valence-electron chi connectivity index (χ3n) is 3.30. The molecule has 1 aromatic heterocycles. The van der Waals surface area contributed by atoms with Crippen LogP contribution in [0.3, 0.4) is 0 Å². The zero-order valence-corrected chi connectivity index (χ0v) is 13.4. The summed E-state index contributed by atoms with van der Waals surface area (Å²) in [6.07, 6.45) is 6.91. The van der Waals surface area contributed by atoms with Gasteiger partial charge in [-0.1, -0.05) is 19.3 Å². The molecule has 0 radical (unpaired) electrons. The van der Waals surface area contributed by atoms with E-state index in [4.69, 9.17) is 0 Å². The summed E-state index contributed by atoms with van der Waals surface area (Å²) < 4.78 is 0.969. The zero-order valence-electron chi connectivity index (χ0n) is 11.0. The van der Waals surface area contributed by atoms with Gasteiger partial charge >= 0.3 is 0 Å². The Kier molecular flexibility index (Phi) is 5.30. The van der Waals surface area contributed by atoms with Crippen LogP contribution >= 0.6 is 27.7 Å². The van der Waals surface area contributed by atoms with Gasteiger partial charge in [0, 0.05) is 12.3 Å². The van der Waals surface area contributed by atoms with Crippen LogP contribution in [0.2, 0.25) is 0 Å². The zero-order chi connectivity index (χ0) is 13.0. The minimum Gasteiger partial charge on any atom is -0.372 e. The van der Waals surface area contributed by atoms with Crippen molar-refractivity contribution in [2.45, 2.75) is 50.0 Å². The van der Waals surface area contributed by atoms with E-state index >= 15 is 0 Å². The highest BCUT2D eigenvalue weighted by molar-refractivity contribution is 9.10. The third kappa shape index (κ3) is 3.60. The van der Waals surface area contributed by atoms with E-state index in [2.05, 4.69) is 31.2 Å². The van der Waals surface area contributed by atoms with Crippen molar-refractivity contribution in [2.75, 3.05) is 12.4 Å². The summed E-state index contributed by atoms with van der Waals surface area (Å²) in [5.74, 6) is 2.75. The van der Waals surface area contributed by atoms with E-state index in [-0.39, 0.29) is 0 Å². The maximum atomic E-state index is 4.55. The van der Waals surface area contributed by atoms with Crippen LogP contribution in [0, 0.1) is 6.92 Å². The number of hydrogen-bond donors (Lipinski definition) is 1. The summed E-state index contributed by atoms with van der Waals surface area (Å²) >= 11 is 5.52. The minimum atomic E-state index is 0.810. The lowest BCUT2D eigenvalue weighted by molar-refractivity contribution is 0.516. The molecule has 5 heteroatoms. The molecule has 0 unspecified atom stereocenters.